The molecule has 0 spiro atoms. The minimum Gasteiger partial charge on any atom is -0.354 e. The number of rotatable bonds is 4. The Bertz CT molecular complexity index is 791. The maximum absolute atomic E-state index is 12.1. The molecule has 0 radical (unpaired) electrons. The lowest BCUT2D eigenvalue weighted by atomic mass is 10.2. The first-order valence-corrected chi connectivity index (χ1v) is 6.78. The summed E-state index contributed by atoms with van der Waals surface area (Å²) in [7, 11) is 1.89. The van der Waals surface area contributed by atoms with Gasteiger partial charge >= 0.3 is 0 Å². The van der Waals surface area contributed by atoms with Crippen LogP contribution >= 0.6 is 0 Å². The number of pyridine rings is 1. The van der Waals surface area contributed by atoms with Gasteiger partial charge in [-0.25, -0.2) is 0 Å². The van der Waals surface area contributed by atoms with Crippen LogP contribution < -0.4 is 5.32 Å². The van der Waals surface area contributed by atoms with Crippen LogP contribution in [0, 0.1) is 6.92 Å². The van der Waals surface area contributed by atoms with Gasteiger partial charge in [0, 0.05) is 36.9 Å². The van der Waals surface area contributed by atoms with Gasteiger partial charge in [0.2, 0.25) is 11.7 Å². The van der Waals surface area contributed by atoms with Crippen LogP contribution in [0.3, 0.4) is 0 Å². The Kier molecular flexibility index (Phi) is 3.69. The molecule has 0 fully saturated rings. The van der Waals surface area contributed by atoms with Crippen LogP contribution in [0.25, 0.3) is 11.4 Å². The third-order valence-electron chi connectivity index (χ3n) is 3.42. The van der Waals surface area contributed by atoms with Crippen molar-refractivity contribution in [2.75, 3.05) is 0 Å². The molecule has 0 saturated carbocycles. The molecule has 0 aliphatic rings. The summed E-state index contributed by atoms with van der Waals surface area (Å²) >= 11 is 0. The predicted octanol–water partition coefficient (Wildman–Crippen LogP) is 1.71. The first-order valence-electron chi connectivity index (χ1n) is 6.78. The van der Waals surface area contributed by atoms with Crippen molar-refractivity contribution in [2.45, 2.75) is 13.5 Å². The van der Waals surface area contributed by atoms with Gasteiger partial charge in [-0.15, -0.1) is 0 Å². The van der Waals surface area contributed by atoms with Crippen LogP contribution in [0.15, 0.2) is 41.3 Å². The summed E-state index contributed by atoms with van der Waals surface area (Å²) in [5.41, 5.74) is 2.30. The maximum atomic E-state index is 12.1. The molecule has 112 valence electrons. The van der Waals surface area contributed by atoms with Crippen molar-refractivity contribution in [3.63, 3.8) is 0 Å². The highest BCUT2D eigenvalue weighted by Crippen LogP contribution is 2.13. The smallest absolute Gasteiger partial charge is 0.253 e. The molecule has 7 nitrogen and oxygen atoms in total. The molecular weight excluding hydrogens is 282 g/mol. The SMILES string of the molecule is Cc1c(C(=O)NCc2nc(-c3cccnc3)no2)ccn1C. The molecule has 1 N–H and O–H groups in total. The van der Waals surface area contributed by atoms with Crippen molar-refractivity contribution in [1.29, 1.82) is 0 Å². The number of carbonyl (C=O) groups excluding carboxylic acids is 1. The van der Waals surface area contributed by atoms with E-state index in [1.807, 2.05) is 30.8 Å². The van der Waals surface area contributed by atoms with Crippen molar-refractivity contribution in [2.24, 2.45) is 7.05 Å². The first kappa shape index (κ1) is 14.0. The van der Waals surface area contributed by atoms with Crippen LogP contribution in [-0.4, -0.2) is 25.6 Å². The molecule has 22 heavy (non-hydrogen) atoms. The van der Waals surface area contributed by atoms with Crippen molar-refractivity contribution >= 4 is 5.91 Å². The van der Waals surface area contributed by atoms with Gasteiger partial charge in [-0.1, -0.05) is 5.16 Å². The summed E-state index contributed by atoms with van der Waals surface area (Å²) in [4.78, 5) is 20.3. The fourth-order valence-corrected chi connectivity index (χ4v) is 2.04. The Balaban J connectivity index is 1.66. The number of carbonyl (C=O) groups is 1. The minimum absolute atomic E-state index is 0.167. The largest absolute Gasteiger partial charge is 0.354 e. The number of hydrogen-bond acceptors (Lipinski definition) is 5. The molecule has 1 amide bonds. The Morgan fingerprint density at radius 1 is 1.41 bits per heavy atom. The monoisotopic (exact) mass is 297 g/mol. The van der Waals surface area contributed by atoms with E-state index >= 15 is 0 Å². The maximum Gasteiger partial charge on any atom is 0.253 e. The van der Waals surface area contributed by atoms with Crippen molar-refractivity contribution < 1.29 is 9.32 Å². The molecule has 3 aromatic rings. The van der Waals surface area contributed by atoms with E-state index in [2.05, 4.69) is 20.4 Å². The van der Waals surface area contributed by atoms with E-state index in [1.54, 1.807) is 24.5 Å². The zero-order valence-electron chi connectivity index (χ0n) is 12.3. The third-order valence-corrected chi connectivity index (χ3v) is 3.42. The molecule has 0 aliphatic heterocycles. The van der Waals surface area contributed by atoms with E-state index in [0.29, 0.717) is 17.3 Å². The second kappa shape index (κ2) is 5.80. The summed E-state index contributed by atoms with van der Waals surface area (Å²) in [5, 5.41) is 6.65. The van der Waals surface area contributed by atoms with E-state index in [9.17, 15) is 4.79 Å². The van der Waals surface area contributed by atoms with Gasteiger partial charge in [0.15, 0.2) is 0 Å². The van der Waals surface area contributed by atoms with Crippen LogP contribution in [0.5, 0.6) is 0 Å². The molecule has 3 aromatic heterocycles. The average Bonchev–Trinajstić information content (AvgIpc) is 3.14. The van der Waals surface area contributed by atoms with Crippen LogP contribution in [0.2, 0.25) is 0 Å². The summed E-state index contributed by atoms with van der Waals surface area (Å²) < 4.78 is 7.02. The molecule has 3 rings (SSSR count). The van der Waals surface area contributed by atoms with E-state index in [1.165, 1.54) is 0 Å². The van der Waals surface area contributed by atoms with Gasteiger partial charge < -0.3 is 14.4 Å². The fraction of sp³-hybridized carbons (Fsp3) is 0.200. The van der Waals surface area contributed by atoms with Crippen LogP contribution in [0.4, 0.5) is 0 Å². The molecule has 0 bridgehead atoms. The normalized spacial score (nSPS) is 10.6. The Morgan fingerprint density at radius 2 is 2.27 bits per heavy atom. The molecule has 7 heteroatoms. The number of amides is 1. The van der Waals surface area contributed by atoms with Gasteiger partial charge in [0.25, 0.3) is 5.91 Å². The Labute approximate surface area is 127 Å². The fourth-order valence-electron chi connectivity index (χ4n) is 2.04. The van der Waals surface area contributed by atoms with Gasteiger partial charge in [-0.3, -0.25) is 9.78 Å². The first-order chi connectivity index (χ1) is 10.6. The third kappa shape index (κ3) is 2.73. The highest BCUT2D eigenvalue weighted by atomic mass is 16.5. The lowest BCUT2D eigenvalue weighted by molar-refractivity contribution is 0.0945. The summed E-state index contributed by atoms with van der Waals surface area (Å²) in [6.45, 7) is 2.07. The second-order valence-corrected chi connectivity index (χ2v) is 4.86. The van der Waals surface area contributed by atoms with Crippen LogP contribution in [-0.2, 0) is 13.6 Å². The second-order valence-electron chi connectivity index (χ2n) is 4.86. The zero-order valence-corrected chi connectivity index (χ0v) is 12.3. The number of aryl methyl sites for hydroxylation is 1. The Hall–Kier alpha value is -2.96. The van der Waals surface area contributed by atoms with Gasteiger partial charge in [-0.2, -0.15) is 4.98 Å². The molecule has 0 aliphatic carbocycles. The lowest BCUT2D eigenvalue weighted by Gasteiger charge is -2.02. The van der Waals surface area contributed by atoms with Gasteiger partial charge in [-0.05, 0) is 25.1 Å². The average molecular weight is 297 g/mol. The van der Waals surface area contributed by atoms with Crippen molar-refractivity contribution in [3.8, 4) is 11.4 Å². The highest BCUT2D eigenvalue weighted by Gasteiger charge is 2.13. The van der Waals surface area contributed by atoms with Crippen molar-refractivity contribution in [1.82, 2.24) is 25.0 Å². The molecule has 0 aromatic carbocycles. The standard InChI is InChI=1S/C15H15N5O2/c1-10-12(5-7-20(10)2)15(21)17-9-13-18-14(19-22-13)11-4-3-6-16-8-11/h3-8H,9H2,1-2H3,(H,17,21). The molecule has 0 unspecified atom stereocenters. The molecular formula is C15H15N5O2. The van der Waals surface area contributed by atoms with E-state index in [-0.39, 0.29) is 12.5 Å². The number of aromatic nitrogens is 4. The van der Waals surface area contributed by atoms with Crippen LogP contribution in [0.1, 0.15) is 21.9 Å². The Morgan fingerprint density at radius 3 is 2.95 bits per heavy atom. The number of nitrogens with one attached hydrogen (secondary N) is 1. The predicted molar refractivity (Wildman–Crippen MR) is 78.8 cm³/mol. The molecule has 0 atom stereocenters. The quantitative estimate of drug-likeness (QED) is 0.792. The van der Waals surface area contributed by atoms with Gasteiger partial charge in [0.1, 0.15) is 0 Å². The molecule has 0 saturated heterocycles. The van der Waals surface area contributed by atoms with E-state index in [0.717, 1.165) is 11.3 Å². The lowest BCUT2D eigenvalue weighted by Crippen LogP contribution is -2.23. The highest BCUT2D eigenvalue weighted by molar-refractivity contribution is 5.95. The number of nitrogens with zero attached hydrogens (tertiary/aromatic N) is 4. The van der Waals surface area contributed by atoms with Gasteiger partial charge in [0.05, 0.1) is 12.1 Å². The minimum atomic E-state index is -0.167. The summed E-state index contributed by atoms with van der Waals surface area (Å²) in [6.07, 6.45) is 5.17. The number of hydrogen-bond donors (Lipinski definition) is 1. The zero-order chi connectivity index (χ0) is 15.5. The molecule has 3 heterocycles. The van der Waals surface area contributed by atoms with Crippen molar-refractivity contribution in [3.05, 3.63) is 53.9 Å². The van der Waals surface area contributed by atoms with E-state index < -0.39 is 0 Å². The topological polar surface area (TPSA) is 85.8 Å². The summed E-state index contributed by atoms with van der Waals surface area (Å²) in [5.74, 6) is 0.633. The van der Waals surface area contributed by atoms with E-state index in [4.69, 9.17) is 4.52 Å². The summed E-state index contributed by atoms with van der Waals surface area (Å²) in [6, 6.07) is 5.42.